The number of carbonyl (C=O) groups is 1. The van der Waals surface area contributed by atoms with Crippen LogP contribution in [0.5, 0.6) is 0 Å². The molecule has 1 aliphatic carbocycles. The van der Waals surface area contributed by atoms with Gasteiger partial charge in [0.25, 0.3) is 0 Å². The summed E-state index contributed by atoms with van der Waals surface area (Å²) in [6.07, 6.45) is 3.15. The molecule has 34 heavy (non-hydrogen) atoms. The Morgan fingerprint density at radius 3 is 2.32 bits per heavy atom. The zero-order chi connectivity index (χ0) is 23.2. The molecule has 4 aromatic rings. The Kier molecular flexibility index (Phi) is 5.20. The minimum absolute atomic E-state index is 0.228. The molecule has 4 nitrogen and oxygen atoms in total. The van der Waals surface area contributed by atoms with E-state index in [9.17, 15) is 9.18 Å². The van der Waals surface area contributed by atoms with E-state index in [-0.39, 0.29) is 11.7 Å². The topological polar surface area (TPSA) is 38.1 Å². The number of aromatic nitrogens is 2. The van der Waals surface area contributed by atoms with Gasteiger partial charge in [0.05, 0.1) is 11.0 Å². The van der Waals surface area contributed by atoms with E-state index in [2.05, 4.69) is 58.9 Å². The van der Waals surface area contributed by atoms with Gasteiger partial charge in [-0.25, -0.2) is 9.37 Å². The quantitative estimate of drug-likeness (QED) is 0.367. The van der Waals surface area contributed by atoms with E-state index in [0.29, 0.717) is 11.8 Å². The number of imidazole rings is 1. The van der Waals surface area contributed by atoms with E-state index in [1.165, 1.54) is 12.1 Å². The molecule has 0 bridgehead atoms. The monoisotopic (exact) mass is 453 g/mol. The first-order valence-corrected chi connectivity index (χ1v) is 12.2. The Labute approximate surface area is 199 Å². The van der Waals surface area contributed by atoms with Gasteiger partial charge in [-0.1, -0.05) is 48.5 Å². The van der Waals surface area contributed by atoms with E-state index in [0.717, 1.165) is 78.0 Å². The molecule has 0 unspecified atom stereocenters. The van der Waals surface area contributed by atoms with Crippen LogP contribution in [0.25, 0.3) is 33.5 Å². The van der Waals surface area contributed by atoms with E-state index in [4.69, 9.17) is 4.98 Å². The Bertz CT molecular complexity index is 1350. The van der Waals surface area contributed by atoms with Gasteiger partial charge in [0, 0.05) is 31.1 Å². The van der Waals surface area contributed by atoms with Gasteiger partial charge >= 0.3 is 0 Å². The van der Waals surface area contributed by atoms with Crippen LogP contribution in [0.4, 0.5) is 4.39 Å². The van der Waals surface area contributed by atoms with Crippen molar-refractivity contribution in [1.82, 2.24) is 14.5 Å². The van der Waals surface area contributed by atoms with E-state index < -0.39 is 0 Å². The molecule has 0 spiro atoms. The first-order valence-electron chi connectivity index (χ1n) is 12.2. The summed E-state index contributed by atoms with van der Waals surface area (Å²) < 4.78 is 15.6. The summed E-state index contributed by atoms with van der Waals surface area (Å²) >= 11 is 0. The third kappa shape index (κ3) is 3.89. The Morgan fingerprint density at radius 2 is 1.62 bits per heavy atom. The molecule has 6 rings (SSSR count). The van der Waals surface area contributed by atoms with Crippen molar-refractivity contribution in [2.45, 2.75) is 32.7 Å². The van der Waals surface area contributed by atoms with Crippen LogP contribution >= 0.6 is 0 Å². The van der Waals surface area contributed by atoms with Crippen molar-refractivity contribution in [3.05, 3.63) is 78.1 Å². The van der Waals surface area contributed by atoms with Gasteiger partial charge in [0.1, 0.15) is 11.6 Å². The molecular weight excluding hydrogens is 425 g/mol. The molecular formula is C29H28FN3O. The minimum atomic E-state index is -0.228. The van der Waals surface area contributed by atoms with Crippen LogP contribution in [0.3, 0.4) is 0 Å². The number of hydrogen-bond acceptors (Lipinski definition) is 2. The molecule has 1 saturated heterocycles. The fourth-order valence-electron chi connectivity index (χ4n) is 5.17. The molecule has 1 aromatic heterocycles. The summed E-state index contributed by atoms with van der Waals surface area (Å²) in [6, 6.07) is 21.3. The maximum absolute atomic E-state index is 13.3. The molecule has 1 amide bonds. The van der Waals surface area contributed by atoms with Gasteiger partial charge in [0.2, 0.25) is 5.91 Å². The van der Waals surface area contributed by atoms with Crippen LogP contribution in [0, 0.1) is 24.6 Å². The highest BCUT2D eigenvalue weighted by Crippen LogP contribution is 2.34. The van der Waals surface area contributed by atoms with Crippen molar-refractivity contribution in [3.63, 3.8) is 0 Å². The summed E-state index contributed by atoms with van der Waals surface area (Å²) in [6.45, 7) is 4.66. The first kappa shape index (κ1) is 21.1. The predicted molar refractivity (Wildman–Crippen MR) is 133 cm³/mol. The largest absolute Gasteiger partial charge is 0.342 e. The number of hydrogen-bond donors (Lipinski definition) is 0. The predicted octanol–water partition coefficient (Wildman–Crippen LogP) is 6.08. The summed E-state index contributed by atoms with van der Waals surface area (Å²) in [5, 5.41) is 0. The summed E-state index contributed by atoms with van der Waals surface area (Å²) in [5.74, 6) is 1.80. The molecule has 2 aliphatic rings. The molecule has 172 valence electrons. The van der Waals surface area contributed by atoms with Gasteiger partial charge in [-0.3, -0.25) is 4.79 Å². The molecule has 5 heteroatoms. The fraction of sp³-hybridized carbons (Fsp3) is 0.310. The lowest BCUT2D eigenvalue weighted by atomic mass is 10.0. The van der Waals surface area contributed by atoms with Gasteiger partial charge in [0.15, 0.2) is 0 Å². The van der Waals surface area contributed by atoms with Crippen LogP contribution < -0.4 is 0 Å². The Hall–Kier alpha value is -3.47. The fourth-order valence-corrected chi connectivity index (χ4v) is 5.17. The maximum Gasteiger partial charge on any atom is 0.225 e. The number of aryl methyl sites for hydroxylation is 1. The summed E-state index contributed by atoms with van der Waals surface area (Å²) in [4.78, 5) is 19.7. The molecule has 0 N–H and O–H groups in total. The average molecular weight is 454 g/mol. The van der Waals surface area contributed by atoms with Crippen LogP contribution in [-0.2, 0) is 11.3 Å². The van der Waals surface area contributed by atoms with Crippen molar-refractivity contribution >= 4 is 16.9 Å². The average Bonchev–Trinajstić information content (AvgIpc) is 3.49. The van der Waals surface area contributed by atoms with Crippen molar-refractivity contribution < 1.29 is 9.18 Å². The third-order valence-electron chi connectivity index (χ3n) is 7.27. The SMILES string of the molecule is Cc1cccc2c1nc(-c1ccc(-c3ccc(F)cc3)cc1)n2C[C@@H]1CCN(C(=O)C2CC2)C1. The second-order valence-corrected chi connectivity index (χ2v) is 9.79. The van der Waals surface area contributed by atoms with Crippen molar-refractivity contribution in [1.29, 1.82) is 0 Å². The number of fused-ring (bicyclic) bond motifs is 1. The standard InChI is InChI=1S/C29H28FN3O/c1-19-3-2-4-26-27(19)31-28(23-7-5-21(6-8-23)22-11-13-25(30)14-12-22)33(26)18-20-15-16-32(17-20)29(34)24-9-10-24/h2-8,11-14,20,24H,9-10,15-18H2,1H3/t20-/m1/s1. The van der Waals surface area contributed by atoms with Crippen LogP contribution in [0.1, 0.15) is 24.8 Å². The second-order valence-electron chi connectivity index (χ2n) is 9.79. The number of para-hydroxylation sites is 1. The zero-order valence-corrected chi connectivity index (χ0v) is 19.4. The van der Waals surface area contributed by atoms with Crippen molar-refractivity contribution in [2.75, 3.05) is 13.1 Å². The van der Waals surface area contributed by atoms with Crippen LogP contribution in [-0.4, -0.2) is 33.4 Å². The van der Waals surface area contributed by atoms with Crippen molar-refractivity contribution in [3.8, 4) is 22.5 Å². The normalized spacial score (nSPS) is 18.1. The Balaban J connectivity index is 1.32. The van der Waals surface area contributed by atoms with Gasteiger partial charge in [-0.2, -0.15) is 0 Å². The highest BCUT2D eigenvalue weighted by molar-refractivity contribution is 5.84. The third-order valence-corrected chi connectivity index (χ3v) is 7.27. The highest BCUT2D eigenvalue weighted by Gasteiger charge is 2.36. The summed E-state index contributed by atoms with van der Waals surface area (Å²) in [7, 11) is 0. The number of nitrogens with zero attached hydrogens (tertiary/aromatic N) is 3. The molecule has 0 radical (unpaired) electrons. The number of amides is 1. The van der Waals surface area contributed by atoms with E-state index in [1.807, 2.05) is 0 Å². The minimum Gasteiger partial charge on any atom is -0.342 e. The van der Waals surface area contributed by atoms with Crippen molar-refractivity contribution in [2.24, 2.45) is 11.8 Å². The number of carbonyl (C=O) groups excluding carboxylic acids is 1. The number of rotatable bonds is 5. The zero-order valence-electron chi connectivity index (χ0n) is 19.4. The second kappa shape index (κ2) is 8.39. The van der Waals surface area contributed by atoms with Gasteiger partial charge in [-0.05, 0) is 67.0 Å². The highest BCUT2D eigenvalue weighted by atomic mass is 19.1. The molecule has 1 saturated carbocycles. The first-order chi connectivity index (χ1) is 16.6. The lowest BCUT2D eigenvalue weighted by Crippen LogP contribution is -2.30. The van der Waals surface area contributed by atoms with Gasteiger partial charge < -0.3 is 9.47 Å². The van der Waals surface area contributed by atoms with E-state index in [1.54, 1.807) is 12.1 Å². The molecule has 2 fully saturated rings. The lowest BCUT2D eigenvalue weighted by Gasteiger charge is -2.18. The summed E-state index contributed by atoms with van der Waals surface area (Å²) in [5.41, 5.74) is 6.44. The number of likely N-dealkylation sites (tertiary alicyclic amines) is 1. The van der Waals surface area contributed by atoms with E-state index >= 15 is 0 Å². The maximum atomic E-state index is 13.3. The molecule has 3 aromatic carbocycles. The van der Waals surface area contributed by atoms with Gasteiger partial charge in [-0.15, -0.1) is 0 Å². The molecule has 2 heterocycles. The molecule has 1 aliphatic heterocycles. The van der Waals surface area contributed by atoms with Crippen LogP contribution in [0.15, 0.2) is 66.7 Å². The van der Waals surface area contributed by atoms with Crippen LogP contribution in [0.2, 0.25) is 0 Å². The lowest BCUT2D eigenvalue weighted by molar-refractivity contribution is -0.131. The smallest absolute Gasteiger partial charge is 0.225 e. The Morgan fingerprint density at radius 1 is 0.941 bits per heavy atom. The number of benzene rings is 3. The number of halogens is 1. The molecule has 1 atom stereocenters.